The maximum atomic E-state index is 11.0. The van der Waals surface area contributed by atoms with Crippen LogP contribution in [0.2, 0.25) is 0 Å². The lowest BCUT2D eigenvalue weighted by Gasteiger charge is -1.93. The molecule has 0 fully saturated rings. The van der Waals surface area contributed by atoms with Gasteiger partial charge in [-0.05, 0) is 6.92 Å². The van der Waals surface area contributed by atoms with Crippen molar-refractivity contribution >= 4 is 5.97 Å². The molecule has 1 aromatic heterocycles. The molecule has 0 amide bonds. The molecule has 6 nitrogen and oxygen atoms in total. The summed E-state index contributed by atoms with van der Waals surface area (Å²) in [6, 6.07) is 0. The number of carbonyl (C=O) groups is 1. The van der Waals surface area contributed by atoms with Crippen molar-refractivity contribution in [3.05, 3.63) is 11.7 Å². The van der Waals surface area contributed by atoms with Crippen LogP contribution < -0.4 is 0 Å². The molecule has 0 aliphatic heterocycles. The molecule has 0 atom stereocenters. The Labute approximate surface area is 74.5 Å². The Morgan fingerprint density at radius 3 is 3.08 bits per heavy atom. The highest BCUT2D eigenvalue weighted by molar-refractivity contribution is 5.83. The summed E-state index contributed by atoms with van der Waals surface area (Å²) in [5.74, 6) is -0.518. The van der Waals surface area contributed by atoms with Crippen LogP contribution in [0.4, 0.5) is 0 Å². The molecule has 0 saturated carbocycles. The summed E-state index contributed by atoms with van der Waals surface area (Å²) in [6.45, 7) is 1.86. The van der Waals surface area contributed by atoms with Crippen molar-refractivity contribution in [1.29, 1.82) is 0 Å². The molecule has 6 heteroatoms. The van der Waals surface area contributed by atoms with Crippen molar-refractivity contribution in [3.8, 4) is 0 Å². The van der Waals surface area contributed by atoms with E-state index in [1.165, 1.54) is 0 Å². The Morgan fingerprint density at radius 1 is 1.69 bits per heavy atom. The van der Waals surface area contributed by atoms with Crippen LogP contribution in [0.3, 0.4) is 0 Å². The van der Waals surface area contributed by atoms with Gasteiger partial charge in [0, 0.05) is 6.42 Å². The van der Waals surface area contributed by atoms with Crippen LogP contribution >= 0.6 is 0 Å². The average Bonchev–Trinajstić information content (AvgIpc) is 2.54. The van der Waals surface area contributed by atoms with E-state index in [-0.39, 0.29) is 25.5 Å². The van der Waals surface area contributed by atoms with Gasteiger partial charge in [-0.15, -0.1) is 0 Å². The van der Waals surface area contributed by atoms with Crippen LogP contribution in [0.25, 0.3) is 0 Å². The summed E-state index contributed by atoms with van der Waals surface area (Å²) in [4.78, 5) is 14.7. The average molecular weight is 186 g/mol. The van der Waals surface area contributed by atoms with Crippen molar-refractivity contribution in [3.63, 3.8) is 0 Å². The maximum Gasteiger partial charge on any atom is 0.397 e. The second-order valence-electron chi connectivity index (χ2n) is 2.21. The minimum absolute atomic E-state index is 0.0815. The molecule has 0 aliphatic carbocycles. The number of esters is 1. The van der Waals surface area contributed by atoms with E-state index >= 15 is 0 Å². The molecular weight excluding hydrogens is 176 g/mol. The lowest BCUT2D eigenvalue weighted by atomic mass is 10.4. The zero-order chi connectivity index (χ0) is 9.68. The Morgan fingerprint density at radius 2 is 2.46 bits per heavy atom. The highest BCUT2D eigenvalue weighted by atomic mass is 16.6. The Balaban J connectivity index is 2.62. The first-order valence-electron chi connectivity index (χ1n) is 3.88. The van der Waals surface area contributed by atoms with Crippen molar-refractivity contribution < 1.29 is 19.2 Å². The lowest BCUT2D eigenvalue weighted by molar-refractivity contribution is 0.0470. The first-order chi connectivity index (χ1) is 6.27. The quantitative estimate of drug-likeness (QED) is 0.654. The molecular formula is C7H10N2O4. The lowest BCUT2D eigenvalue weighted by Crippen LogP contribution is -2.05. The van der Waals surface area contributed by atoms with E-state index in [4.69, 9.17) is 5.11 Å². The smallest absolute Gasteiger partial charge is 0.397 e. The molecule has 0 bridgehead atoms. The number of aliphatic hydroxyl groups excluding tert-OH is 1. The molecule has 0 spiro atoms. The molecule has 1 rings (SSSR count). The van der Waals surface area contributed by atoms with Crippen LogP contribution in [-0.2, 0) is 11.2 Å². The number of aliphatic hydroxyl groups is 1. The van der Waals surface area contributed by atoms with E-state index in [1.54, 1.807) is 6.92 Å². The zero-order valence-electron chi connectivity index (χ0n) is 7.19. The standard InChI is InChI=1S/C7H10N2O4/c1-2-12-7(11)6-8-5(3-4-10)9-13-6/h10H,2-4H2,1H3. The van der Waals surface area contributed by atoms with E-state index in [2.05, 4.69) is 19.4 Å². The molecule has 0 aromatic carbocycles. The van der Waals surface area contributed by atoms with Crippen LogP contribution in [-0.4, -0.2) is 34.4 Å². The van der Waals surface area contributed by atoms with Gasteiger partial charge < -0.3 is 14.4 Å². The predicted octanol–water partition coefficient (Wildman–Crippen LogP) is -0.219. The van der Waals surface area contributed by atoms with Gasteiger partial charge in [-0.1, -0.05) is 5.16 Å². The van der Waals surface area contributed by atoms with Crippen molar-refractivity contribution in [2.24, 2.45) is 0 Å². The minimum atomic E-state index is -0.640. The summed E-state index contributed by atoms with van der Waals surface area (Å²) in [5.41, 5.74) is 0. The third-order valence-corrected chi connectivity index (χ3v) is 1.25. The van der Waals surface area contributed by atoms with E-state index < -0.39 is 5.97 Å². The molecule has 1 N–H and O–H groups in total. The molecule has 0 radical (unpaired) electrons. The second-order valence-corrected chi connectivity index (χ2v) is 2.21. The fraction of sp³-hybridized carbons (Fsp3) is 0.571. The normalized spacial score (nSPS) is 10.0. The van der Waals surface area contributed by atoms with Gasteiger partial charge in [0.25, 0.3) is 0 Å². The largest absolute Gasteiger partial charge is 0.459 e. The van der Waals surface area contributed by atoms with Crippen molar-refractivity contribution in [2.45, 2.75) is 13.3 Å². The van der Waals surface area contributed by atoms with Crippen LogP contribution in [0.5, 0.6) is 0 Å². The fourth-order valence-corrected chi connectivity index (χ4v) is 0.731. The highest BCUT2D eigenvalue weighted by Gasteiger charge is 2.15. The van der Waals surface area contributed by atoms with E-state index in [0.29, 0.717) is 5.82 Å². The maximum absolute atomic E-state index is 11.0. The van der Waals surface area contributed by atoms with Crippen molar-refractivity contribution in [2.75, 3.05) is 13.2 Å². The summed E-state index contributed by atoms with van der Waals surface area (Å²) in [5, 5.41) is 12.0. The first-order valence-corrected chi connectivity index (χ1v) is 3.88. The molecule has 0 saturated heterocycles. The summed E-state index contributed by atoms with van der Waals surface area (Å²) >= 11 is 0. The van der Waals surface area contributed by atoms with Crippen LogP contribution in [0, 0.1) is 0 Å². The van der Waals surface area contributed by atoms with Gasteiger partial charge in [0.1, 0.15) is 0 Å². The van der Waals surface area contributed by atoms with Gasteiger partial charge in [0.2, 0.25) is 0 Å². The number of hydrogen-bond donors (Lipinski definition) is 1. The molecule has 0 aliphatic rings. The Bertz CT molecular complexity index is 284. The number of carbonyl (C=O) groups excluding carboxylic acids is 1. The van der Waals surface area contributed by atoms with Crippen LogP contribution in [0.1, 0.15) is 23.4 Å². The third-order valence-electron chi connectivity index (χ3n) is 1.25. The van der Waals surface area contributed by atoms with E-state index in [1.807, 2.05) is 0 Å². The Hall–Kier alpha value is -1.43. The molecule has 0 unspecified atom stereocenters. The summed E-state index contributed by atoms with van der Waals surface area (Å²) in [7, 11) is 0. The first kappa shape index (κ1) is 9.66. The molecule has 1 aromatic rings. The van der Waals surface area contributed by atoms with Gasteiger partial charge in [-0.2, -0.15) is 4.98 Å². The molecule has 72 valence electrons. The SMILES string of the molecule is CCOC(=O)c1nc(CCO)no1. The van der Waals surface area contributed by atoms with E-state index in [9.17, 15) is 4.79 Å². The topological polar surface area (TPSA) is 85.5 Å². The fourth-order valence-electron chi connectivity index (χ4n) is 0.731. The van der Waals surface area contributed by atoms with E-state index in [0.717, 1.165) is 0 Å². The van der Waals surface area contributed by atoms with Gasteiger partial charge in [-0.3, -0.25) is 0 Å². The number of ether oxygens (including phenoxy) is 1. The van der Waals surface area contributed by atoms with Crippen LogP contribution in [0.15, 0.2) is 4.52 Å². The number of nitrogens with zero attached hydrogens (tertiary/aromatic N) is 2. The predicted molar refractivity (Wildman–Crippen MR) is 41.0 cm³/mol. The van der Waals surface area contributed by atoms with Gasteiger partial charge in [0.15, 0.2) is 5.82 Å². The molecule has 13 heavy (non-hydrogen) atoms. The monoisotopic (exact) mass is 186 g/mol. The van der Waals surface area contributed by atoms with Gasteiger partial charge >= 0.3 is 11.9 Å². The number of hydrogen-bond acceptors (Lipinski definition) is 6. The molecule has 1 heterocycles. The summed E-state index contributed by atoms with van der Waals surface area (Å²) in [6.07, 6.45) is 0.267. The van der Waals surface area contributed by atoms with Crippen molar-refractivity contribution in [1.82, 2.24) is 10.1 Å². The minimum Gasteiger partial charge on any atom is -0.459 e. The Kier molecular flexibility index (Phi) is 3.39. The zero-order valence-corrected chi connectivity index (χ0v) is 7.19. The van der Waals surface area contributed by atoms with Gasteiger partial charge in [-0.25, -0.2) is 4.79 Å². The second kappa shape index (κ2) is 4.56. The highest BCUT2D eigenvalue weighted by Crippen LogP contribution is 1.99. The number of aromatic nitrogens is 2. The van der Waals surface area contributed by atoms with Gasteiger partial charge in [0.05, 0.1) is 13.2 Å². The third kappa shape index (κ3) is 2.51. The summed E-state index contributed by atoms with van der Waals surface area (Å²) < 4.78 is 9.21. The number of rotatable bonds is 4.